The van der Waals surface area contributed by atoms with Crippen LogP contribution in [0, 0.1) is 0 Å². The molecule has 0 aliphatic rings. The molecule has 0 aromatic heterocycles. The maximum atomic E-state index is 13.7. The first-order valence-corrected chi connectivity index (χ1v) is 11.9. The van der Waals surface area contributed by atoms with Crippen molar-refractivity contribution in [2.45, 2.75) is 37.6 Å². The van der Waals surface area contributed by atoms with Gasteiger partial charge in [0.1, 0.15) is 12.3 Å². The fourth-order valence-corrected chi connectivity index (χ4v) is 4.82. The van der Waals surface area contributed by atoms with Gasteiger partial charge in [0, 0.05) is 17.1 Å². The number of methoxy groups -OCH3 is 3. The van der Waals surface area contributed by atoms with E-state index in [2.05, 4.69) is 5.32 Å². The molecular weight excluding hydrogens is 456 g/mol. The second-order valence-corrected chi connectivity index (χ2v) is 9.40. The molecule has 2 rings (SSSR count). The average Bonchev–Trinajstić information content (AvgIpc) is 2.76. The average molecular weight is 485 g/mol. The molecule has 10 heteroatoms. The molecule has 0 saturated carbocycles. The van der Waals surface area contributed by atoms with Crippen LogP contribution in [-0.4, -0.2) is 48.2 Å². The Bertz CT molecular complexity index is 1040. The number of halogens is 1. The highest BCUT2D eigenvalue weighted by molar-refractivity contribution is 7.92. The number of nitrogens with one attached hydrogen (secondary N) is 1. The number of hydrogen-bond donors (Lipinski definition) is 1. The molecule has 0 unspecified atom stereocenters. The topological polar surface area (TPSA) is 94.2 Å². The molecule has 0 fully saturated rings. The van der Waals surface area contributed by atoms with Gasteiger partial charge in [0.2, 0.25) is 5.91 Å². The van der Waals surface area contributed by atoms with E-state index in [1.807, 2.05) is 13.8 Å². The normalized spacial score (nSPS) is 12.1. The summed E-state index contributed by atoms with van der Waals surface area (Å²) in [5, 5.41) is 3.13. The van der Waals surface area contributed by atoms with Gasteiger partial charge in [-0.15, -0.1) is 0 Å². The first-order chi connectivity index (χ1) is 15.2. The summed E-state index contributed by atoms with van der Waals surface area (Å²) >= 11 is 6.15. The summed E-state index contributed by atoms with van der Waals surface area (Å²) in [5.41, 5.74) is 0.146. The van der Waals surface area contributed by atoms with E-state index < -0.39 is 22.5 Å². The van der Waals surface area contributed by atoms with Crippen molar-refractivity contribution in [2.75, 3.05) is 32.2 Å². The predicted molar refractivity (Wildman–Crippen MR) is 125 cm³/mol. The molecule has 1 atom stereocenters. The molecule has 0 saturated heterocycles. The van der Waals surface area contributed by atoms with Gasteiger partial charge in [0.25, 0.3) is 10.0 Å². The van der Waals surface area contributed by atoms with Gasteiger partial charge in [-0.3, -0.25) is 9.10 Å². The lowest BCUT2D eigenvalue weighted by Crippen LogP contribution is -2.43. The van der Waals surface area contributed by atoms with Crippen molar-refractivity contribution in [3.8, 4) is 17.2 Å². The standard InChI is InChI=1S/C22H29ClN2O6S/c1-6-7-15(2)24-22(26)14-25(18-12-16(23)8-10-19(18)29-3)32(27,28)17-9-11-20(30-4)21(13-17)31-5/h8-13,15H,6-7,14H2,1-5H3,(H,24,26)/t15-/m1/s1. The number of amides is 1. The van der Waals surface area contributed by atoms with Crippen LogP contribution in [0.2, 0.25) is 5.02 Å². The van der Waals surface area contributed by atoms with E-state index in [9.17, 15) is 13.2 Å². The second-order valence-electron chi connectivity index (χ2n) is 7.10. The van der Waals surface area contributed by atoms with Crippen LogP contribution >= 0.6 is 11.6 Å². The van der Waals surface area contributed by atoms with E-state index in [-0.39, 0.29) is 28.1 Å². The van der Waals surface area contributed by atoms with E-state index in [0.29, 0.717) is 10.8 Å². The lowest BCUT2D eigenvalue weighted by atomic mass is 10.2. The van der Waals surface area contributed by atoms with Gasteiger partial charge in [-0.05, 0) is 43.7 Å². The second kappa shape index (κ2) is 11.3. The molecule has 2 aromatic carbocycles. The molecule has 176 valence electrons. The highest BCUT2D eigenvalue weighted by Crippen LogP contribution is 2.36. The Kier molecular flexibility index (Phi) is 9.03. The minimum Gasteiger partial charge on any atom is -0.495 e. The molecule has 2 aromatic rings. The van der Waals surface area contributed by atoms with E-state index in [1.54, 1.807) is 12.1 Å². The fraction of sp³-hybridized carbons (Fsp3) is 0.409. The van der Waals surface area contributed by atoms with Crippen LogP contribution in [0.3, 0.4) is 0 Å². The first-order valence-electron chi connectivity index (χ1n) is 10.1. The largest absolute Gasteiger partial charge is 0.495 e. The third kappa shape index (κ3) is 5.98. The molecule has 0 bridgehead atoms. The number of sulfonamides is 1. The molecule has 0 aliphatic heterocycles. The predicted octanol–water partition coefficient (Wildman–Crippen LogP) is 3.87. The zero-order chi connectivity index (χ0) is 23.9. The Morgan fingerprint density at radius 2 is 1.66 bits per heavy atom. The van der Waals surface area contributed by atoms with Crippen molar-refractivity contribution in [2.24, 2.45) is 0 Å². The Hall–Kier alpha value is -2.65. The molecule has 0 radical (unpaired) electrons. The number of ether oxygens (including phenoxy) is 3. The molecule has 1 amide bonds. The Labute approximate surface area is 194 Å². The minimum atomic E-state index is -4.21. The zero-order valence-corrected chi connectivity index (χ0v) is 20.4. The number of carbonyl (C=O) groups excluding carboxylic acids is 1. The third-order valence-electron chi connectivity index (χ3n) is 4.77. The first kappa shape index (κ1) is 25.6. The summed E-state index contributed by atoms with van der Waals surface area (Å²) in [5.74, 6) is 0.432. The molecular formula is C22H29ClN2O6S. The monoisotopic (exact) mass is 484 g/mol. The van der Waals surface area contributed by atoms with Crippen LogP contribution in [0.5, 0.6) is 17.2 Å². The van der Waals surface area contributed by atoms with Crippen LogP contribution < -0.4 is 23.8 Å². The highest BCUT2D eigenvalue weighted by Gasteiger charge is 2.31. The van der Waals surface area contributed by atoms with Gasteiger partial charge in [-0.1, -0.05) is 24.9 Å². The summed E-state index contributed by atoms with van der Waals surface area (Å²) < 4.78 is 44.1. The van der Waals surface area contributed by atoms with Crippen molar-refractivity contribution in [1.29, 1.82) is 0 Å². The molecule has 0 spiro atoms. The lowest BCUT2D eigenvalue weighted by Gasteiger charge is -2.26. The molecule has 32 heavy (non-hydrogen) atoms. The van der Waals surface area contributed by atoms with Crippen LogP contribution in [0.1, 0.15) is 26.7 Å². The quantitative estimate of drug-likeness (QED) is 0.520. The van der Waals surface area contributed by atoms with Crippen LogP contribution in [0.4, 0.5) is 5.69 Å². The number of benzene rings is 2. The van der Waals surface area contributed by atoms with Gasteiger partial charge in [0.05, 0.1) is 31.9 Å². The van der Waals surface area contributed by atoms with Crippen molar-refractivity contribution in [3.63, 3.8) is 0 Å². The van der Waals surface area contributed by atoms with Crippen LogP contribution in [-0.2, 0) is 14.8 Å². The van der Waals surface area contributed by atoms with Crippen molar-refractivity contribution in [1.82, 2.24) is 5.32 Å². The highest BCUT2D eigenvalue weighted by atomic mass is 35.5. The summed E-state index contributed by atoms with van der Waals surface area (Å²) in [6.07, 6.45) is 1.66. The molecule has 8 nitrogen and oxygen atoms in total. The van der Waals surface area contributed by atoms with Gasteiger partial charge >= 0.3 is 0 Å². The van der Waals surface area contributed by atoms with Crippen molar-refractivity contribution < 1.29 is 27.4 Å². The summed E-state index contributed by atoms with van der Waals surface area (Å²) in [4.78, 5) is 12.7. The summed E-state index contributed by atoms with van der Waals surface area (Å²) in [6.45, 7) is 3.42. The smallest absolute Gasteiger partial charge is 0.265 e. The summed E-state index contributed by atoms with van der Waals surface area (Å²) in [6, 6.07) is 8.69. The van der Waals surface area contributed by atoms with Gasteiger partial charge < -0.3 is 19.5 Å². The van der Waals surface area contributed by atoms with Gasteiger partial charge in [0.15, 0.2) is 11.5 Å². The van der Waals surface area contributed by atoms with E-state index in [0.717, 1.165) is 17.1 Å². The van der Waals surface area contributed by atoms with E-state index >= 15 is 0 Å². The van der Waals surface area contributed by atoms with E-state index in [1.165, 1.54) is 45.6 Å². The lowest BCUT2D eigenvalue weighted by molar-refractivity contribution is -0.120. The summed E-state index contributed by atoms with van der Waals surface area (Å²) in [7, 11) is 0.0748. The fourth-order valence-electron chi connectivity index (χ4n) is 3.22. The van der Waals surface area contributed by atoms with Crippen LogP contribution in [0.15, 0.2) is 41.3 Å². The SMILES string of the molecule is CCC[C@@H](C)NC(=O)CN(c1cc(Cl)ccc1OC)S(=O)(=O)c1ccc(OC)c(OC)c1. The molecule has 1 N–H and O–H groups in total. The minimum absolute atomic E-state index is 0.0772. The maximum absolute atomic E-state index is 13.7. The molecule has 0 heterocycles. The Balaban J connectivity index is 2.57. The number of carbonyl (C=O) groups is 1. The van der Waals surface area contributed by atoms with Crippen molar-refractivity contribution in [3.05, 3.63) is 41.4 Å². The number of anilines is 1. The maximum Gasteiger partial charge on any atom is 0.265 e. The van der Waals surface area contributed by atoms with Crippen molar-refractivity contribution >= 4 is 33.2 Å². The Morgan fingerprint density at radius 1 is 1.03 bits per heavy atom. The zero-order valence-electron chi connectivity index (χ0n) is 18.8. The number of rotatable bonds is 11. The molecule has 0 aliphatic carbocycles. The number of nitrogens with zero attached hydrogens (tertiary/aromatic N) is 1. The van der Waals surface area contributed by atoms with E-state index in [4.69, 9.17) is 25.8 Å². The van der Waals surface area contributed by atoms with Crippen LogP contribution in [0.25, 0.3) is 0 Å². The third-order valence-corrected chi connectivity index (χ3v) is 6.76. The van der Waals surface area contributed by atoms with Gasteiger partial charge in [-0.25, -0.2) is 8.42 Å². The van der Waals surface area contributed by atoms with Gasteiger partial charge in [-0.2, -0.15) is 0 Å². The number of hydrogen-bond acceptors (Lipinski definition) is 6. The Morgan fingerprint density at radius 3 is 2.25 bits per heavy atom.